The second kappa shape index (κ2) is 9.52. The van der Waals surface area contributed by atoms with Crippen molar-refractivity contribution in [2.45, 2.75) is 6.54 Å². The van der Waals surface area contributed by atoms with Gasteiger partial charge in [0.05, 0.1) is 0 Å². The van der Waals surface area contributed by atoms with Gasteiger partial charge in [-0.15, -0.1) is 0 Å². The SMILES string of the molecule is C=C/C(=C\C=[NH+]C)CNC(=O)c1cc2ccccc2n1Cc1cccc(C(=N)N)c1. The van der Waals surface area contributed by atoms with Crippen LogP contribution in [0, 0.1) is 5.41 Å². The number of para-hydroxylation sites is 1. The Bertz CT molecular complexity index is 1150. The highest BCUT2D eigenvalue weighted by Crippen LogP contribution is 2.22. The summed E-state index contributed by atoms with van der Waals surface area (Å²) in [5.41, 5.74) is 9.71. The van der Waals surface area contributed by atoms with E-state index in [1.54, 1.807) is 18.4 Å². The summed E-state index contributed by atoms with van der Waals surface area (Å²) in [7, 11) is 1.81. The summed E-state index contributed by atoms with van der Waals surface area (Å²) >= 11 is 0. The number of benzene rings is 2. The molecule has 1 amide bonds. The number of hydrogen-bond acceptors (Lipinski definition) is 2. The number of nitrogen functional groups attached to an aromatic ring is 1. The van der Waals surface area contributed by atoms with E-state index in [1.807, 2.05) is 66.2 Å². The van der Waals surface area contributed by atoms with Gasteiger partial charge in [0.15, 0.2) is 6.21 Å². The van der Waals surface area contributed by atoms with Crippen LogP contribution in [0.1, 0.15) is 21.6 Å². The van der Waals surface area contributed by atoms with Crippen LogP contribution in [0.3, 0.4) is 0 Å². The zero-order chi connectivity index (χ0) is 21.5. The summed E-state index contributed by atoms with van der Waals surface area (Å²) in [5.74, 6) is -0.138. The van der Waals surface area contributed by atoms with E-state index in [1.165, 1.54) is 0 Å². The molecule has 0 bridgehead atoms. The van der Waals surface area contributed by atoms with Gasteiger partial charge in [-0.05, 0) is 29.3 Å². The van der Waals surface area contributed by atoms with Gasteiger partial charge in [0.25, 0.3) is 5.91 Å². The Morgan fingerprint density at radius 1 is 1.23 bits per heavy atom. The Balaban J connectivity index is 1.93. The molecule has 6 nitrogen and oxygen atoms in total. The third kappa shape index (κ3) is 4.72. The van der Waals surface area contributed by atoms with Crippen molar-refractivity contribution in [2.75, 3.05) is 13.6 Å². The molecule has 0 aliphatic rings. The lowest BCUT2D eigenvalue weighted by Crippen LogP contribution is -2.62. The first kappa shape index (κ1) is 20.8. The Kier molecular flexibility index (Phi) is 6.60. The molecular weight excluding hydrogens is 374 g/mol. The van der Waals surface area contributed by atoms with Crippen molar-refractivity contribution in [1.82, 2.24) is 9.88 Å². The molecule has 0 atom stereocenters. The summed E-state index contributed by atoms with van der Waals surface area (Å²) in [6.45, 7) is 4.67. The van der Waals surface area contributed by atoms with Gasteiger partial charge >= 0.3 is 0 Å². The van der Waals surface area contributed by atoms with E-state index in [9.17, 15) is 4.79 Å². The average Bonchev–Trinajstić information content (AvgIpc) is 3.12. The van der Waals surface area contributed by atoms with Crippen molar-refractivity contribution in [3.8, 4) is 0 Å². The van der Waals surface area contributed by atoms with E-state index in [-0.39, 0.29) is 11.7 Å². The number of fused-ring (bicyclic) bond motifs is 1. The lowest BCUT2D eigenvalue weighted by atomic mass is 10.1. The van der Waals surface area contributed by atoms with E-state index in [0.717, 1.165) is 22.0 Å². The smallest absolute Gasteiger partial charge is 0.268 e. The topological polar surface area (TPSA) is 97.9 Å². The molecule has 0 saturated carbocycles. The van der Waals surface area contributed by atoms with Crippen LogP contribution in [0.15, 0.2) is 78.9 Å². The number of nitrogens with one attached hydrogen (secondary N) is 3. The summed E-state index contributed by atoms with van der Waals surface area (Å²) < 4.78 is 1.99. The molecular formula is C24H26N5O+. The Morgan fingerprint density at radius 3 is 2.77 bits per heavy atom. The van der Waals surface area contributed by atoms with Crippen LogP contribution in [-0.4, -0.2) is 36.1 Å². The maximum Gasteiger partial charge on any atom is 0.268 e. The number of allylic oxidation sites excluding steroid dienone is 1. The second-order valence-corrected chi connectivity index (χ2v) is 6.87. The molecule has 1 aromatic heterocycles. The van der Waals surface area contributed by atoms with E-state index in [2.05, 4.69) is 16.9 Å². The first-order chi connectivity index (χ1) is 14.5. The average molecular weight is 401 g/mol. The van der Waals surface area contributed by atoms with Gasteiger partial charge in [0, 0.05) is 35.6 Å². The Labute approximate surface area is 175 Å². The highest BCUT2D eigenvalue weighted by Gasteiger charge is 2.16. The largest absolute Gasteiger partial charge is 0.384 e. The molecule has 2 aromatic carbocycles. The van der Waals surface area contributed by atoms with E-state index in [0.29, 0.717) is 24.3 Å². The van der Waals surface area contributed by atoms with Crippen molar-refractivity contribution in [1.29, 1.82) is 5.41 Å². The van der Waals surface area contributed by atoms with E-state index in [4.69, 9.17) is 11.1 Å². The van der Waals surface area contributed by atoms with Crippen LogP contribution in [0.4, 0.5) is 0 Å². The number of nitrogens with two attached hydrogens (primary N) is 1. The molecule has 5 N–H and O–H groups in total. The Hall–Kier alpha value is -3.93. The number of amidine groups is 1. The minimum atomic E-state index is -0.161. The third-order valence-corrected chi connectivity index (χ3v) is 4.80. The molecule has 0 aliphatic carbocycles. The highest BCUT2D eigenvalue weighted by atomic mass is 16.1. The van der Waals surface area contributed by atoms with Crippen LogP contribution >= 0.6 is 0 Å². The standard InChI is InChI=1S/C24H25N5O/c1-3-17(11-12-27-2)15-28-24(30)22-14-19-8-4-5-10-21(19)29(22)16-18-7-6-9-20(13-18)23(25)26/h3-14H,1,15-16H2,2H3,(H3,25,26)(H,28,30)/p+1/b17-11+,27-12?. The first-order valence-electron chi connectivity index (χ1n) is 9.65. The zero-order valence-electron chi connectivity index (χ0n) is 17.0. The number of amides is 1. The van der Waals surface area contributed by atoms with Gasteiger partial charge in [-0.2, -0.15) is 0 Å². The summed E-state index contributed by atoms with van der Waals surface area (Å²) in [6.07, 6.45) is 5.38. The van der Waals surface area contributed by atoms with Crippen molar-refractivity contribution in [3.05, 3.63) is 95.7 Å². The molecule has 0 radical (unpaired) electrons. The fourth-order valence-corrected chi connectivity index (χ4v) is 3.25. The predicted molar refractivity (Wildman–Crippen MR) is 122 cm³/mol. The van der Waals surface area contributed by atoms with E-state index >= 15 is 0 Å². The lowest BCUT2D eigenvalue weighted by Gasteiger charge is -2.12. The lowest BCUT2D eigenvalue weighted by molar-refractivity contribution is -0.413. The molecule has 1 heterocycles. The number of rotatable bonds is 8. The van der Waals surface area contributed by atoms with Crippen molar-refractivity contribution in [3.63, 3.8) is 0 Å². The van der Waals surface area contributed by atoms with Crippen LogP contribution in [0.2, 0.25) is 0 Å². The normalized spacial score (nSPS) is 11.7. The molecule has 30 heavy (non-hydrogen) atoms. The molecule has 0 saturated heterocycles. The number of carbonyl (C=O) groups is 1. The quantitative estimate of drug-likeness (QED) is 0.262. The van der Waals surface area contributed by atoms with Gasteiger partial charge in [-0.3, -0.25) is 15.2 Å². The van der Waals surface area contributed by atoms with Crippen molar-refractivity contribution in [2.24, 2.45) is 5.73 Å². The van der Waals surface area contributed by atoms with Gasteiger partial charge in [-0.1, -0.05) is 49.1 Å². The highest BCUT2D eigenvalue weighted by molar-refractivity contribution is 5.99. The zero-order valence-corrected chi connectivity index (χ0v) is 17.0. The van der Waals surface area contributed by atoms with Crippen LogP contribution in [0.25, 0.3) is 10.9 Å². The van der Waals surface area contributed by atoms with Gasteiger partial charge in [0.1, 0.15) is 18.6 Å². The van der Waals surface area contributed by atoms with Gasteiger partial charge in [0.2, 0.25) is 0 Å². The second-order valence-electron chi connectivity index (χ2n) is 6.87. The van der Waals surface area contributed by atoms with Crippen LogP contribution < -0.4 is 16.0 Å². The molecule has 6 heteroatoms. The maximum absolute atomic E-state index is 13.0. The third-order valence-electron chi connectivity index (χ3n) is 4.80. The molecule has 0 aliphatic heterocycles. The number of aromatic nitrogens is 1. The number of carbonyl (C=O) groups excluding carboxylic acids is 1. The van der Waals surface area contributed by atoms with Crippen molar-refractivity contribution < 1.29 is 9.79 Å². The minimum Gasteiger partial charge on any atom is -0.384 e. The predicted octanol–water partition coefficient (Wildman–Crippen LogP) is 1.60. The molecule has 3 aromatic rings. The summed E-state index contributed by atoms with van der Waals surface area (Å²) in [5, 5.41) is 11.6. The summed E-state index contributed by atoms with van der Waals surface area (Å²) in [4.78, 5) is 15.9. The molecule has 0 fully saturated rings. The van der Waals surface area contributed by atoms with Crippen LogP contribution in [0.5, 0.6) is 0 Å². The minimum absolute atomic E-state index is 0.0225. The fraction of sp³-hybridized carbons (Fsp3) is 0.125. The molecule has 0 unspecified atom stereocenters. The molecule has 0 spiro atoms. The van der Waals surface area contributed by atoms with Crippen molar-refractivity contribution >= 4 is 28.9 Å². The van der Waals surface area contributed by atoms with Crippen LogP contribution in [-0.2, 0) is 6.54 Å². The maximum atomic E-state index is 13.0. The van der Waals surface area contributed by atoms with Gasteiger partial charge < -0.3 is 15.6 Å². The Morgan fingerprint density at radius 2 is 2.03 bits per heavy atom. The first-order valence-corrected chi connectivity index (χ1v) is 9.65. The monoisotopic (exact) mass is 400 g/mol. The fourth-order valence-electron chi connectivity index (χ4n) is 3.25. The number of hydrogen-bond donors (Lipinski definition) is 4. The molecule has 152 valence electrons. The van der Waals surface area contributed by atoms with Gasteiger partial charge in [-0.25, -0.2) is 0 Å². The molecule has 3 rings (SSSR count). The van der Waals surface area contributed by atoms with E-state index < -0.39 is 0 Å². The number of nitrogens with zero attached hydrogens (tertiary/aromatic N) is 1. The summed E-state index contributed by atoms with van der Waals surface area (Å²) in [6, 6.07) is 17.3.